The van der Waals surface area contributed by atoms with Crippen LogP contribution in [0, 0.1) is 0 Å². The van der Waals surface area contributed by atoms with Gasteiger partial charge in [-0.2, -0.15) is 0 Å². The first kappa shape index (κ1) is 31.1. The Balaban J connectivity index is 1.37. The van der Waals surface area contributed by atoms with E-state index in [1.54, 1.807) is 0 Å². The van der Waals surface area contributed by atoms with Gasteiger partial charge in [0.05, 0.1) is 11.4 Å². The predicted molar refractivity (Wildman–Crippen MR) is 212 cm³/mol. The van der Waals surface area contributed by atoms with Crippen LogP contribution in [-0.4, -0.2) is 48.1 Å². The zero-order valence-corrected chi connectivity index (χ0v) is 29.3. The van der Waals surface area contributed by atoms with Gasteiger partial charge in [-0.05, 0) is 103 Å². The molecule has 9 rings (SSSR count). The van der Waals surface area contributed by atoms with Crippen molar-refractivity contribution in [2.75, 3.05) is 57.6 Å². The van der Waals surface area contributed by atoms with Crippen LogP contribution in [0.1, 0.15) is 0 Å². The summed E-state index contributed by atoms with van der Waals surface area (Å²) in [6.07, 6.45) is 0. The number of fused-ring (bicyclic) bond motifs is 16. The lowest BCUT2D eigenvalue weighted by Crippen LogP contribution is -2.21. The number of nitrogens with zero attached hydrogens (tertiary/aromatic N) is 10. The number of hydrogen-bond acceptors (Lipinski definition) is 10. The third-order valence-corrected chi connectivity index (χ3v) is 9.72. The molecule has 2 aliphatic heterocycles. The molecule has 254 valence electrons. The van der Waals surface area contributed by atoms with Gasteiger partial charge in [-0.1, -0.05) is 42.5 Å². The Bertz CT molecular complexity index is 2140. The second-order valence-corrected chi connectivity index (χ2v) is 12.9. The van der Waals surface area contributed by atoms with Crippen molar-refractivity contribution in [3.63, 3.8) is 0 Å². The van der Waals surface area contributed by atoms with Gasteiger partial charge >= 0.3 is 0 Å². The van der Waals surface area contributed by atoms with E-state index in [9.17, 15) is 0 Å². The average molecular weight is 681 g/mol. The molecule has 2 aliphatic rings. The average Bonchev–Trinajstić information content (AvgIpc) is 3.20. The van der Waals surface area contributed by atoms with E-state index in [0.29, 0.717) is 0 Å². The molecule has 0 saturated carbocycles. The fourth-order valence-electron chi connectivity index (χ4n) is 6.78. The maximum atomic E-state index is 5.27. The molecule has 0 spiro atoms. The Hall–Kier alpha value is -6.94. The van der Waals surface area contributed by atoms with Gasteiger partial charge in [0, 0.05) is 50.9 Å². The predicted octanol–water partition coefficient (Wildman–Crippen LogP) is 9.90. The molecule has 7 aromatic rings. The first-order chi connectivity index (χ1) is 25.4. The molecule has 0 aliphatic carbocycles. The molecule has 16 bridgehead atoms. The second kappa shape index (κ2) is 12.4. The first-order valence-corrected chi connectivity index (χ1v) is 17.1. The Morgan fingerprint density at radius 3 is 0.769 bits per heavy atom. The quantitative estimate of drug-likeness (QED) is 0.155. The van der Waals surface area contributed by atoms with E-state index in [-0.39, 0.29) is 0 Å². The van der Waals surface area contributed by atoms with Gasteiger partial charge in [0.1, 0.15) is 46.5 Å². The number of pyridine rings is 4. The molecule has 4 aromatic heterocycles. The molecule has 10 nitrogen and oxygen atoms in total. The lowest BCUT2D eigenvalue weighted by atomic mass is 10.2. The highest BCUT2D eigenvalue weighted by molar-refractivity contribution is 5.82. The van der Waals surface area contributed by atoms with Crippen molar-refractivity contribution in [1.82, 2.24) is 19.9 Å². The Morgan fingerprint density at radius 1 is 0.269 bits per heavy atom. The molecule has 3 aromatic carbocycles. The van der Waals surface area contributed by atoms with Crippen molar-refractivity contribution in [3.05, 3.63) is 146 Å². The Labute approximate surface area is 303 Å². The molecule has 0 atom stereocenters. The fraction of sp³-hybridized carbons (Fsp3) is 0.0952. The summed E-state index contributed by atoms with van der Waals surface area (Å²) < 4.78 is 0. The molecule has 0 fully saturated rings. The number of benzene rings is 3. The van der Waals surface area contributed by atoms with E-state index >= 15 is 0 Å². The molecule has 0 saturated heterocycles. The SMILES string of the molecule is CN1c2cccc(c2)N(C)c2cccc(n2)N2c3cccc(c3)N(c3cccc1n3)c1cccc(n1)N(C)c1cccc(c1)N(C)c1cccc2n1. The van der Waals surface area contributed by atoms with E-state index < -0.39 is 0 Å². The number of hydrogen-bond donors (Lipinski definition) is 0. The van der Waals surface area contributed by atoms with Crippen molar-refractivity contribution >= 4 is 80.7 Å². The van der Waals surface area contributed by atoms with Gasteiger partial charge in [-0.25, -0.2) is 19.9 Å². The van der Waals surface area contributed by atoms with Gasteiger partial charge < -0.3 is 19.6 Å². The summed E-state index contributed by atoms with van der Waals surface area (Å²) in [6.45, 7) is 0. The third kappa shape index (κ3) is 5.37. The summed E-state index contributed by atoms with van der Waals surface area (Å²) in [5, 5.41) is 0. The monoisotopic (exact) mass is 680 g/mol. The van der Waals surface area contributed by atoms with Crippen LogP contribution in [0.2, 0.25) is 0 Å². The van der Waals surface area contributed by atoms with Gasteiger partial charge in [0.2, 0.25) is 0 Å². The molecule has 0 radical (unpaired) electrons. The van der Waals surface area contributed by atoms with Crippen molar-refractivity contribution in [3.8, 4) is 0 Å². The van der Waals surface area contributed by atoms with Crippen molar-refractivity contribution in [2.45, 2.75) is 0 Å². The van der Waals surface area contributed by atoms with Crippen LogP contribution in [0.3, 0.4) is 0 Å². The summed E-state index contributed by atoms with van der Waals surface area (Å²) in [6, 6.07) is 49.6. The minimum atomic E-state index is 0.728. The highest BCUT2D eigenvalue weighted by Gasteiger charge is 2.24. The molecule has 10 heteroatoms. The maximum Gasteiger partial charge on any atom is 0.141 e. The largest absolute Gasteiger partial charge is 0.329 e. The third-order valence-electron chi connectivity index (χ3n) is 9.72. The number of rotatable bonds is 0. The minimum absolute atomic E-state index is 0.728. The summed E-state index contributed by atoms with van der Waals surface area (Å²) >= 11 is 0. The summed E-state index contributed by atoms with van der Waals surface area (Å²) in [5.41, 5.74) is 5.75. The van der Waals surface area contributed by atoms with Gasteiger partial charge in [0.15, 0.2) is 0 Å². The van der Waals surface area contributed by atoms with E-state index in [2.05, 4.69) is 102 Å². The lowest BCUT2D eigenvalue weighted by molar-refractivity contribution is 1.04. The topological polar surface area (TPSA) is 71.0 Å². The van der Waals surface area contributed by atoms with Gasteiger partial charge in [-0.15, -0.1) is 0 Å². The zero-order chi connectivity index (χ0) is 35.3. The van der Waals surface area contributed by atoms with Crippen LogP contribution in [0.15, 0.2) is 146 Å². The minimum Gasteiger partial charge on any atom is -0.329 e. The molecular formula is C42H36N10. The molecule has 0 N–H and O–H groups in total. The van der Waals surface area contributed by atoms with Crippen LogP contribution >= 0.6 is 0 Å². The second-order valence-electron chi connectivity index (χ2n) is 12.9. The molecule has 0 amide bonds. The Morgan fingerprint density at radius 2 is 0.481 bits per heavy atom. The van der Waals surface area contributed by atoms with Crippen LogP contribution < -0.4 is 29.4 Å². The number of anilines is 14. The summed E-state index contributed by atoms with van der Waals surface area (Å²) in [7, 11) is 8.17. The van der Waals surface area contributed by atoms with Crippen LogP contribution in [0.25, 0.3) is 0 Å². The molecular weight excluding hydrogens is 645 g/mol. The molecule has 6 heterocycles. The van der Waals surface area contributed by atoms with Gasteiger partial charge in [0.25, 0.3) is 0 Å². The highest BCUT2D eigenvalue weighted by Crippen LogP contribution is 2.42. The smallest absolute Gasteiger partial charge is 0.141 e. The normalized spacial score (nSPS) is 13.5. The van der Waals surface area contributed by atoms with Crippen molar-refractivity contribution in [1.29, 1.82) is 0 Å². The molecule has 52 heavy (non-hydrogen) atoms. The van der Waals surface area contributed by atoms with E-state index in [1.807, 2.05) is 101 Å². The fourth-order valence-corrected chi connectivity index (χ4v) is 6.78. The highest BCUT2D eigenvalue weighted by atomic mass is 15.3. The van der Waals surface area contributed by atoms with Crippen molar-refractivity contribution < 1.29 is 0 Å². The van der Waals surface area contributed by atoms with Crippen LogP contribution in [0.4, 0.5) is 80.7 Å². The lowest BCUT2D eigenvalue weighted by Gasteiger charge is -2.30. The van der Waals surface area contributed by atoms with Crippen molar-refractivity contribution in [2.24, 2.45) is 0 Å². The van der Waals surface area contributed by atoms with E-state index in [1.165, 1.54) is 0 Å². The number of aromatic nitrogens is 4. The first-order valence-electron chi connectivity index (χ1n) is 17.1. The Kier molecular flexibility index (Phi) is 7.43. The summed E-state index contributed by atoms with van der Waals surface area (Å²) in [4.78, 5) is 33.7. The summed E-state index contributed by atoms with van der Waals surface area (Å²) in [5.74, 6) is 6.09. The van der Waals surface area contributed by atoms with E-state index in [4.69, 9.17) is 19.9 Å². The van der Waals surface area contributed by atoms with E-state index in [0.717, 1.165) is 80.7 Å². The van der Waals surface area contributed by atoms with Crippen LogP contribution in [-0.2, 0) is 0 Å². The molecule has 0 unspecified atom stereocenters. The standard InChI is InChI=1S/C42H36N10/c1-47-29-12-5-13-30(26-29)48(2)36-19-9-24-41(44-36)52-34-17-7-16-33(28-34)51(39-22-8-18-35(47)43-39)40-23-10-20-37(45-40)49(3)31-14-6-15-32(27-31)50(4)38-21-11-25-42(52)46-38/h5-28H,1-4H3. The zero-order valence-electron chi connectivity index (χ0n) is 29.3. The maximum absolute atomic E-state index is 5.27. The van der Waals surface area contributed by atoms with Crippen LogP contribution in [0.5, 0.6) is 0 Å². The van der Waals surface area contributed by atoms with Gasteiger partial charge in [-0.3, -0.25) is 9.80 Å².